The summed E-state index contributed by atoms with van der Waals surface area (Å²) in [5.74, 6) is -1.18. The van der Waals surface area contributed by atoms with Gasteiger partial charge in [-0.15, -0.1) is 0 Å². The Hall–Kier alpha value is -3.35. The second kappa shape index (κ2) is 8.49. The van der Waals surface area contributed by atoms with E-state index in [2.05, 4.69) is 10.6 Å². The fraction of sp³-hybridized carbons (Fsp3) is 0.167. The molecule has 0 radical (unpaired) electrons. The number of ether oxygens (including phenoxy) is 1. The molecule has 0 heterocycles. The molecule has 0 aliphatic carbocycles. The van der Waals surface area contributed by atoms with Crippen LogP contribution in [0.2, 0.25) is 0 Å². The topological polar surface area (TPSA) is 105 Å². The number of hydrogen-bond acceptors (Lipinski definition) is 4. The van der Waals surface area contributed by atoms with Gasteiger partial charge in [-0.1, -0.05) is 12.1 Å². The van der Waals surface area contributed by atoms with Crippen LogP contribution in [0.4, 0.5) is 5.69 Å². The highest BCUT2D eigenvalue weighted by Gasteiger charge is 2.14. The highest BCUT2D eigenvalue weighted by molar-refractivity contribution is 6.09. The van der Waals surface area contributed by atoms with Crippen LogP contribution in [0.3, 0.4) is 0 Å². The number of rotatable bonds is 7. The van der Waals surface area contributed by atoms with Gasteiger partial charge in [0.15, 0.2) is 0 Å². The molecule has 0 aromatic heterocycles. The fourth-order valence-corrected chi connectivity index (χ4v) is 2.11. The lowest BCUT2D eigenvalue weighted by molar-refractivity contribution is -0.136. The Morgan fingerprint density at radius 1 is 1.00 bits per heavy atom. The number of para-hydroxylation sites is 1. The predicted molar refractivity (Wildman–Crippen MR) is 92.0 cm³/mol. The lowest BCUT2D eigenvalue weighted by Crippen LogP contribution is -2.27. The smallest absolute Gasteiger partial charge is 0.305 e. The molecule has 0 fully saturated rings. The molecule has 0 unspecified atom stereocenters. The molecule has 130 valence electrons. The Kier molecular flexibility index (Phi) is 6.11. The molecule has 0 saturated heterocycles. The van der Waals surface area contributed by atoms with E-state index in [1.807, 2.05) is 0 Å². The number of hydrogen-bond donors (Lipinski definition) is 3. The van der Waals surface area contributed by atoms with Crippen LogP contribution in [-0.2, 0) is 4.79 Å². The minimum absolute atomic E-state index is 0.00886. The van der Waals surface area contributed by atoms with Gasteiger partial charge >= 0.3 is 5.97 Å². The summed E-state index contributed by atoms with van der Waals surface area (Å²) < 4.78 is 5.05. The van der Waals surface area contributed by atoms with E-state index < -0.39 is 11.9 Å². The average Bonchev–Trinajstić information content (AvgIpc) is 2.61. The van der Waals surface area contributed by atoms with E-state index in [9.17, 15) is 14.4 Å². The molecule has 25 heavy (non-hydrogen) atoms. The standard InChI is InChI=1S/C18H18N2O5/c1-25-13-8-6-12(7-9-13)17(23)20-15-5-3-2-4-14(15)18(24)19-11-10-16(21)22/h2-9H,10-11H2,1H3,(H,19,24)(H,20,23)(H,21,22). The summed E-state index contributed by atoms with van der Waals surface area (Å²) in [7, 11) is 1.54. The van der Waals surface area contributed by atoms with Crippen molar-refractivity contribution in [2.45, 2.75) is 6.42 Å². The number of amides is 2. The molecule has 3 N–H and O–H groups in total. The van der Waals surface area contributed by atoms with Crippen molar-refractivity contribution in [3.63, 3.8) is 0 Å². The molecule has 0 spiro atoms. The van der Waals surface area contributed by atoms with Crippen molar-refractivity contribution in [2.75, 3.05) is 19.0 Å². The molecular weight excluding hydrogens is 324 g/mol. The van der Waals surface area contributed by atoms with Gasteiger partial charge in [-0.05, 0) is 36.4 Å². The largest absolute Gasteiger partial charge is 0.497 e. The second-order valence-corrected chi connectivity index (χ2v) is 5.13. The molecule has 7 heteroatoms. The maximum absolute atomic E-state index is 12.3. The maximum Gasteiger partial charge on any atom is 0.305 e. The van der Waals surface area contributed by atoms with Crippen LogP contribution >= 0.6 is 0 Å². The van der Waals surface area contributed by atoms with Gasteiger partial charge < -0.3 is 20.5 Å². The van der Waals surface area contributed by atoms with Crippen LogP contribution < -0.4 is 15.4 Å². The Morgan fingerprint density at radius 3 is 2.32 bits per heavy atom. The third-order valence-electron chi connectivity index (χ3n) is 3.40. The molecule has 0 saturated carbocycles. The van der Waals surface area contributed by atoms with Gasteiger partial charge in [-0.25, -0.2) is 0 Å². The van der Waals surface area contributed by atoms with Crippen molar-refractivity contribution in [3.8, 4) is 5.75 Å². The second-order valence-electron chi connectivity index (χ2n) is 5.13. The number of carboxylic acids is 1. The van der Waals surface area contributed by atoms with Gasteiger partial charge in [0, 0.05) is 12.1 Å². The Labute approximate surface area is 144 Å². The molecule has 2 aromatic carbocycles. The number of methoxy groups -OCH3 is 1. The van der Waals surface area contributed by atoms with Crippen LogP contribution in [0, 0.1) is 0 Å². The first kappa shape index (κ1) is 18.0. The van der Waals surface area contributed by atoms with Crippen LogP contribution in [0.5, 0.6) is 5.75 Å². The monoisotopic (exact) mass is 342 g/mol. The van der Waals surface area contributed by atoms with E-state index in [0.29, 0.717) is 17.0 Å². The zero-order chi connectivity index (χ0) is 18.2. The van der Waals surface area contributed by atoms with E-state index in [0.717, 1.165) is 0 Å². The summed E-state index contributed by atoms with van der Waals surface area (Å²) >= 11 is 0. The number of carboxylic acid groups (broad SMARTS) is 1. The summed E-state index contributed by atoms with van der Waals surface area (Å²) in [4.78, 5) is 35.0. The molecule has 0 aliphatic heterocycles. The zero-order valence-corrected chi connectivity index (χ0v) is 13.6. The van der Waals surface area contributed by atoms with Crippen molar-refractivity contribution in [2.24, 2.45) is 0 Å². The third-order valence-corrected chi connectivity index (χ3v) is 3.40. The maximum atomic E-state index is 12.3. The van der Waals surface area contributed by atoms with E-state index in [-0.39, 0.29) is 24.4 Å². The molecule has 7 nitrogen and oxygen atoms in total. The van der Waals surface area contributed by atoms with Crippen molar-refractivity contribution in [1.82, 2.24) is 5.32 Å². The number of benzene rings is 2. The summed E-state index contributed by atoms with van der Waals surface area (Å²) in [6.45, 7) is 0.00886. The lowest BCUT2D eigenvalue weighted by Gasteiger charge is -2.11. The fourth-order valence-electron chi connectivity index (χ4n) is 2.11. The van der Waals surface area contributed by atoms with Crippen molar-refractivity contribution >= 4 is 23.5 Å². The molecule has 2 aromatic rings. The highest BCUT2D eigenvalue weighted by Crippen LogP contribution is 2.17. The van der Waals surface area contributed by atoms with Crippen LogP contribution in [0.1, 0.15) is 27.1 Å². The highest BCUT2D eigenvalue weighted by atomic mass is 16.5. The summed E-state index contributed by atoms with van der Waals surface area (Å²) in [5, 5.41) is 13.8. The molecule has 2 rings (SSSR count). The first-order chi connectivity index (χ1) is 12.0. The average molecular weight is 342 g/mol. The molecular formula is C18H18N2O5. The first-order valence-corrected chi connectivity index (χ1v) is 7.55. The van der Waals surface area contributed by atoms with E-state index >= 15 is 0 Å². The minimum Gasteiger partial charge on any atom is -0.497 e. The molecule has 0 atom stereocenters. The van der Waals surface area contributed by atoms with Gasteiger partial charge in [0.1, 0.15) is 5.75 Å². The van der Waals surface area contributed by atoms with Gasteiger partial charge in [0.25, 0.3) is 11.8 Å². The number of anilines is 1. The van der Waals surface area contributed by atoms with E-state index in [1.54, 1.807) is 48.5 Å². The van der Waals surface area contributed by atoms with Gasteiger partial charge in [-0.2, -0.15) is 0 Å². The van der Waals surface area contributed by atoms with Gasteiger partial charge in [0.05, 0.1) is 24.8 Å². The normalized spacial score (nSPS) is 9.96. The minimum atomic E-state index is -0.999. The van der Waals surface area contributed by atoms with E-state index in [4.69, 9.17) is 9.84 Å². The first-order valence-electron chi connectivity index (χ1n) is 7.55. The Morgan fingerprint density at radius 2 is 1.68 bits per heavy atom. The van der Waals surface area contributed by atoms with Crippen molar-refractivity contribution in [3.05, 3.63) is 59.7 Å². The number of carbonyl (C=O) groups excluding carboxylic acids is 2. The zero-order valence-electron chi connectivity index (χ0n) is 13.6. The van der Waals surface area contributed by atoms with Crippen molar-refractivity contribution in [1.29, 1.82) is 0 Å². The molecule has 0 bridgehead atoms. The summed E-state index contributed by atoms with van der Waals surface area (Å²) in [6, 6.07) is 13.1. The van der Waals surface area contributed by atoms with Crippen LogP contribution in [0.15, 0.2) is 48.5 Å². The lowest BCUT2D eigenvalue weighted by atomic mass is 10.1. The summed E-state index contributed by atoms with van der Waals surface area (Å²) in [5.41, 5.74) is 1.02. The SMILES string of the molecule is COc1ccc(C(=O)Nc2ccccc2C(=O)NCCC(=O)O)cc1. The van der Waals surface area contributed by atoms with E-state index in [1.165, 1.54) is 7.11 Å². The Bertz CT molecular complexity index is 771. The van der Waals surface area contributed by atoms with Crippen LogP contribution in [-0.4, -0.2) is 36.5 Å². The number of aliphatic carboxylic acids is 1. The van der Waals surface area contributed by atoms with Crippen molar-refractivity contribution < 1.29 is 24.2 Å². The summed E-state index contributed by atoms with van der Waals surface area (Å²) in [6.07, 6.45) is -0.174. The number of nitrogens with one attached hydrogen (secondary N) is 2. The quantitative estimate of drug-likeness (QED) is 0.715. The van der Waals surface area contributed by atoms with Gasteiger partial charge in [-0.3, -0.25) is 14.4 Å². The Balaban J connectivity index is 2.09. The van der Waals surface area contributed by atoms with Crippen LogP contribution in [0.25, 0.3) is 0 Å². The number of carbonyl (C=O) groups is 3. The van der Waals surface area contributed by atoms with Gasteiger partial charge in [0.2, 0.25) is 0 Å². The molecule has 2 amide bonds. The predicted octanol–water partition coefficient (Wildman–Crippen LogP) is 2.15. The molecule has 0 aliphatic rings. The third kappa shape index (κ3) is 5.07.